The Labute approximate surface area is 99.7 Å². The molecule has 94 valence electrons. The third-order valence-electron chi connectivity index (χ3n) is 2.55. The van der Waals surface area contributed by atoms with Gasteiger partial charge in [-0.1, -0.05) is 6.58 Å². The zero-order valence-electron chi connectivity index (χ0n) is 9.50. The number of hydrogen-bond donors (Lipinski definition) is 1. The third kappa shape index (κ3) is 5.19. The Balaban J connectivity index is 2.28. The van der Waals surface area contributed by atoms with E-state index in [1.165, 1.54) is 6.26 Å². The fraction of sp³-hybridized carbons (Fsp3) is 0.500. The summed E-state index contributed by atoms with van der Waals surface area (Å²) in [5.74, 6) is -1.77. The summed E-state index contributed by atoms with van der Waals surface area (Å²) >= 11 is 0. The van der Waals surface area contributed by atoms with Crippen LogP contribution in [0.5, 0.6) is 0 Å². The van der Waals surface area contributed by atoms with Crippen LogP contribution in [0.2, 0.25) is 0 Å². The van der Waals surface area contributed by atoms with E-state index < -0.39 is 11.9 Å². The van der Waals surface area contributed by atoms with Gasteiger partial charge in [0.05, 0.1) is 12.4 Å². The number of carboxylic acid groups (broad SMARTS) is 1. The summed E-state index contributed by atoms with van der Waals surface area (Å²) in [5.41, 5.74) is 0. The van der Waals surface area contributed by atoms with Crippen molar-refractivity contribution in [2.75, 3.05) is 0 Å². The number of rotatable bonds is 5. The zero-order valence-corrected chi connectivity index (χ0v) is 9.50. The summed E-state index contributed by atoms with van der Waals surface area (Å²) in [4.78, 5) is 21.4. The van der Waals surface area contributed by atoms with E-state index in [0.717, 1.165) is 37.8 Å². The van der Waals surface area contributed by atoms with Crippen LogP contribution < -0.4 is 0 Å². The Kier molecular flexibility index (Phi) is 5.26. The van der Waals surface area contributed by atoms with Crippen LogP contribution in [0.25, 0.3) is 0 Å². The highest BCUT2D eigenvalue weighted by Crippen LogP contribution is 2.23. The number of carbonyl (C=O) groups is 2. The fourth-order valence-electron chi connectivity index (χ4n) is 1.77. The summed E-state index contributed by atoms with van der Waals surface area (Å²) < 4.78 is 10.3. The molecule has 0 aromatic rings. The molecule has 1 fully saturated rings. The van der Waals surface area contributed by atoms with E-state index in [0.29, 0.717) is 0 Å². The Hall–Kier alpha value is -1.78. The molecule has 0 radical (unpaired) electrons. The van der Waals surface area contributed by atoms with Crippen molar-refractivity contribution in [2.24, 2.45) is 0 Å². The van der Waals surface area contributed by atoms with Gasteiger partial charge in [0.25, 0.3) is 0 Å². The van der Waals surface area contributed by atoms with Crippen LogP contribution in [-0.4, -0.2) is 29.3 Å². The van der Waals surface area contributed by atoms with Gasteiger partial charge < -0.3 is 14.6 Å². The lowest BCUT2D eigenvalue weighted by atomic mass is 9.95. The molecule has 0 unspecified atom stereocenters. The maximum atomic E-state index is 11.2. The maximum Gasteiger partial charge on any atom is 0.331 e. The lowest BCUT2D eigenvalue weighted by Gasteiger charge is -2.27. The third-order valence-corrected chi connectivity index (χ3v) is 2.55. The van der Waals surface area contributed by atoms with Gasteiger partial charge in [0.15, 0.2) is 0 Å². The van der Waals surface area contributed by atoms with E-state index in [9.17, 15) is 9.59 Å². The predicted molar refractivity (Wildman–Crippen MR) is 60.2 cm³/mol. The molecule has 0 aromatic carbocycles. The van der Waals surface area contributed by atoms with E-state index in [1.807, 2.05) is 0 Å². The van der Waals surface area contributed by atoms with Crippen molar-refractivity contribution in [3.8, 4) is 0 Å². The second kappa shape index (κ2) is 6.73. The molecule has 1 aliphatic carbocycles. The van der Waals surface area contributed by atoms with E-state index in [4.69, 9.17) is 14.6 Å². The van der Waals surface area contributed by atoms with Crippen molar-refractivity contribution in [3.63, 3.8) is 0 Å². The quantitative estimate of drug-likeness (QED) is 0.449. The topological polar surface area (TPSA) is 72.8 Å². The average molecular weight is 240 g/mol. The molecule has 0 bridgehead atoms. The molecule has 1 rings (SSSR count). The second-order valence-corrected chi connectivity index (χ2v) is 3.81. The molecule has 1 N–H and O–H groups in total. The molecular formula is C12H16O5. The van der Waals surface area contributed by atoms with Crippen molar-refractivity contribution in [3.05, 3.63) is 25.0 Å². The molecule has 17 heavy (non-hydrogen) atoms. The number of hydrogen-bond acceptors (Lipinski definition) is 4. The monoisotopic (exact) mass is 240 g/mol. The number of aliphatic carboxylic acids is 1. The lowest BCUT2D eigenvalue weighted by molar-refractivity contribution is -0.146. The molecule has 0 aliphatic heterocycles. The Morgan fingerprint density at radius 1 is 1.12 bits per heavy atom. The van der Waals surface area contributed by atoms with Crippen molar-refractivity contribution in [1.29, 1.82) is 0 Å². The molecule has 0 atom stereocenters. The van der Waals surface area contributed by atoms with Crippen LogP contribution in [0.15, 0.2) is 25.0 Å². The number of carboxylic acids is 1. The van der Waals surface area contributed by atoms with Gasteiger partial charge in [-0.05, 0) is 25.7 Å². The normalized spacial score (nSPS) is 24.2. The van der Waals surface area contributed by atoms with Crippen molar-refractivity contribution < 1.29 is 24.2 Å². The number of ether oxygens (including phenoxy) is 2. The first-order valence-corrected chi connectivity index (χ1v) is 5.50. The second-order valence-electron chi connectivity index (χ2n) is 3.81. The summed E-state index contributed by atoms with van der Waals surface area (Å²) in [6.45, 7) is 3.49. The molecule has 1 saturated carbocycles. The van der Waals surface area contributed by atoms with E-state index in [2.05, 4.69) is 6.58 Å². The summed E-state index contributed by atoms with van der Waals surface area (Å²) in [6.07, 6.45) is 6.20. The largest absolute Gasteiger partial charge is 0.499 e. The van der Waals surface area contributed by atoms with Gasteiger partial charge >= 0.3 is 11.9 Å². The molecule has 0 saturated heterocycles. The summed E-state index contributed by atoms with van der Waals surface area (Å²) in [6, 6.07) is 0. The van der Waals surface area contributed by atoms with Gasteiger partial charge in [0.1, 0.15) is 6.10 Å². The highest BCUT2D eigenvalue weighted by molar-refractivity contribution is 5.90. The minimum absolute atomic E-state index is 0.148. The van der Waals surface area contributed by atoms with Gasteiger partial charge in [-0.15, -0.1) is 0 Å². The molecule has 1 aliphatic rings. The van der Waals surface area contributed by atoms with Crippen molar-refractivity contribution >= 4 is 11.9 Å². The van der Waals surface area contributed by atoms with E-state index >= 15 is 0 Å². The lowest BCUT2D eigenvalue weighted by Crippen LogP contribution is -2.27. The average Bonchev–Trinajstić information content (AvgIpc) is 2.29. The van der Waals surface area contributed by atoms with E-state index in [1.54, 1.807) is 0 Å². The van der Waals surface area contributed by atoms with Crippen LogP contribution >= 0.6 is 0 Å². The predicted octanol–water partition coefficient (Wildman–Crippen LogP) is 1.64. The molecule has 0 spiro atoms. The molecule has 5 heteroatoms. The molecule has 0 aromatic heterocycles. The van der Waals surface area contributed by atoms with Crippen molar-refractivity contribution in [1.82, 2.24) is 0 Å². The number of carbonyl (C=O) groups excluding carboxylic acids is 1. The Bertz CT molecular complexity index is 313. The van der Waals surface area contributed by atoms with Gasteiger partial charge in [-0.25, -0.2) is 9.59 Å². The highest BCUT2D eigenvalue weighted by Gasteiger charge is 2.23. The smallest absolute Gasteiger partial charge is 0.331 e. The minimum atomic E-state index is -1.16. The zero-order chi connectivity index (χ0) is 12.7. The first-order valence-electron chi connectivity index (χ1n) is 5.50. The van der Waals surface area contributed by atoms with Crippen LogP contribution in [0.3, 0.4) is 0 Å². The fourth-order valence-corrected chi connectivity index (χ4v) is 1.77. The standard InChI is InChI=1S/C12H16O5/c1-2-16-9-3-5-10(6-4-9)17-12(15)8-7-11(13)14/h2,7-10H,1,3-6H2,(H,13,14)/b8-7-. The van der Waals surface area contributed by atoms with Crippen molar-refractivity contribution in [2.45, 2.75) is 37.9 Å². The first-order chi connectivity index (χ1) is 8.11. The highest BCUT2D eigenvalue weighted by atomic mass is 16.5. The van der Waals surface area contributed by atoms with Crippen LogP contribution in [0, 0.1) is 0 Å². The van der Waals surface area contributed by atoms with Gasteiger partial charge in [-0.2, -0.15) is 0 Å². The SMILES string of the molecule is C=COC1CCC(OC(=O)/C=C\C(=O)O)CC1. The van der Waals surface area contributed by atoms with Crippen LogP contribution in [0.1, 0.15) is 25.7 Å². The van der Waals surface area contributed by atoms with E-state index in [-0.39, 0.29) is 12.2 Å². The maximum absolute atomic E-state index is 11.2. The summed E-state index contributed by atoms with van der Waals surface area (Å²) in [5, 5.41) is 8.34. The van der Waals surface area contributed by atoms with Crippen LogP contribution in [-0.2, 0) is 19.1 Å². The summed E-state index contributed by atoms with van der Waals surface area (Å²) in [7, 11) is 0. The number of esters is 1. The van der Waals surface area contributed by atoms with Gasteiger partial charge in [-0.3, -0.25) is 0 Å². The molecule has 5 nitrogen and oxygen atoms in total. The first kappa shape index (κ1) is 13.3. The van der Waals surface area contributed by atoms with Gasteiger partial charge in [0.2, 0.25) is 0 Å². The molecule has 0 heterocycles. The van der Waals surface area contributed by atoms with Gasteiger partial charge in [0, 0.05) is 12.2 Å². The Morgan fingerprint density at radius 3 is 2.24 bits per heavy atom. The minimum Gasteiger partial charge on any atom is -0.499 e. The molecule has 0 amide bonds. The molecular weight excluding hydrogens is 224 g/mol. The van der Waals surface area contributed by atoms with Crippen LogP contribution in [0.4, 0.5) is 0 Å². The Morgan fingerprint density at radius 2 is 1.71 bits per heavy atom.